The summed E-state index contributed by atoms with van der Waals surface area (Å²) < 4.78 is 9.65. The summed E-state index contributed by atoms with van der Waals surface area (Å²) in [4.78, 5) is 22.5. The van der Waals surface area contributed by atoms with Gasteiger partial charge in [-0.1, -0.05) is 65.7 Å². The van der Waals surface area contributed by atoms with Crippen molar-refractivity contribution in [3.63, 3.8) is 0 Å². The van der Waals surface area contributed by atoms with E-state index in [2.05, 4.69) is 6.92 Å². The summed E-state index contributed by atoms with van der Waals surface area (Å²) >= 11 is 0. The Morgan fingerprint density at radius 3 is 1.85 bits per heavy atom. The summed E-state index contributed by atoms with van der Waals surface area (Å²) in [5, 5.41) is 0. The van der Waals surface area contributed by atoms with E-state index in [0.717, 1.165) is 12.8 Å². The molecule has 0 aromatic heterocycles. The van der Waals surface area contributed by atoms with Gasteiger partial charge in [0, 0.05) is 0 Å². The SMILES string of the molecule is CCCCCCCCCCOC(=O)C(=O)OCC(C)C. The zero-order valence-electron chi connectivity index (χ0n) is 13.3. The smallest absolute Gasteiger partial charge is 0.417 e. The van der Waals surface area contributed by atoms with Crippen LogP contribution in [0.4, 0.5) is 0 Å². The largest absolute Gasteiger partial charge is 0.457 e. The Labute approximate surface area is 123 Å². The first-order valence-electron chi connectivity index (χ1n) is 7.91. The van der Waals surface area contributed by atoms with Gasteiger partial charge in [0.15, 0.2) is 0 Å². The number of unbranched alkanes of at least 4 members (excludes halogenated alkanes) is 7. The number of rotatable bonds is 11. The zero-order chi connectivity index (χ0) is 15.2. The van der Waals surface area contributed by atoms with Crippen LogP contribution in [0.15, 0.2) is 0 Å². The fourth-order valence-corrected chi connectivity index (χ4v) is 1.76. The van der Waals surface area contributed by atoms with Crippen LogP contribution in [0.2, 0.25) is 0 Å². The fourth-order valence-electron chi connectivity index (χ4n) is 1.76. The van der Waals surface area contributed by atoms with Gasteiger partial charge in [-0.15, -0.1) is 0 Å². The van der Waals surface area contributed by atoms with Crippen molar-refractivity contribution in [2.45, 2.75) is 72.1 Å². The number of carbonyl (C=O) groups is 2. The Kier molecular flexibility index (Phi) is 12.3. The fraction of sp³-hybridized carbons (Fsp3) is 0.875. The molecule has 118 valence electrons. The molecule has 0 unspecified atom stereocenters. The lowest BCUT2D eigenvalue weighted by molar-refractivity contribution is -0.168. The topological polar surface area (TPSA) is 52.6 Å². The van der Waals surface area contributed by atoms with Crippen molar-refractivity contribution in [2.75, 3.05) is 13.2 Å². The normalized spacial score (nSPS) is 10.6. The lowest BCUT2D eigenvalue weighted by atomic mass is 10.1. The quantitative estimate of drug-likeness (QED) is 0.329. The van der Waals surface area contributed by atoms with Crippen LogP contribution in [0.1, 0.15) is 72.1 Å². The molecule has 0 radical (unpaired) electrons. The first kappa shape index (κ1) is 18.9. The Hall–Kier alpha value is -1.06. The van der Waals surface area contributed by atoms with Gasteiger partial charge in [0.1, 0.15) is 0 Å². The van der Waals surface area contributed by atoms with E-state index in [4.69, 9.17) is 9.47 Å². The van der Waals surface area contributed by atoms with Crippen molar-refractivity contribution in [2.24, 2.45) is 5.92 Å². The van der Waals surface area contributed by atoms with Crippen molar-refractivity contribution in [3.05, 3.63) is 0 Å². The number of esters is 2. The van der Waals surface area contributed by atoms with Gasteiger partial charge in [-0.05, 0) is 12.3 Å². The molecule has 4 heteroatoms. The van der Waals surface area contributed by atoms with Crippen LogP contribution in [-0.4, -0.2) is 25.2 Å². The number of carbonyl (C=O) groups excluding carboxylic acids is 2. The van der Waals surface area contributed by atoms with Crippen molar-refractivity contribution < 1.29 is 19.1 Å². The average Bonchev–Trinajstić information content (AvgIpc) is 2.42. The summed E-state index contributed by atoms with van der Waals surface area (Å²) in [6.07, 6.45) is 9.45. The van der Waals surface area contributed by atoms with Crippen LogP contribution in [-0.2, 0) is 19.1 Å². The van der Waals surface area contributed by atoms with Crippen LogP contribution in [0.3, 0.4) is 0 Å². The molecular formula is C16H30O4. The lowest BCUT2D eigenvalue weighted by Gasteiger charge is -2.07. The van der Waals surface area contributed by atoms with Gasteiger partial charge in [0.2, 0.25) is 0 Å². The van der Waals surface area contributed by atoms with Crippen LogP contribution >= 0.6 is 0 Å². The molecule has 0 aliphatic heterocycles. The summed E-state index contributed by atoms with van der Waals surface area (Å²) in [5.74, 6) is -1.52. The van der Waals surface area contributed by atoms with Crippen LogP contribution in [0.5, 0.6) is 0 Å². The van der Waals surface area contributed by atoms with E-state index in [1.807, 2.05) is 13.8 Å². The molecule has 0 fully saturated rings. The van der Waals surface area contributed by atoms with E-state index in [1.165, 1.54) is 38.5 Å². The Morgan fingerprint density at radius 2 is 1.30 bits per heavy atom. The molecule has 0 heterocycles. The lowest BCUT2D eigenvalue weighted by Crippen LogP contribution is -2.22. The van der Waals surface area contributed by atoms with E-state index < -0.39 is 11.9 Å². The predicted octanol–water partition coefficient (Wildman–Crippen LogP) is 3.87. The van der Waals surface area contributed by atoms with Gasteiger partial charge >= 0.3 is 11.9 Å². The van der Waals surface area contributed by atoms with Crippen molar-refractivity contribution in [1.29, 1.82) is 0 Å². The molecule has 0 aromatic carbocycles. The van der Waals surface area contributed by atoms with E-state index in [-0.39, 0.29) is 12.5 Å². The van der Waals surface area contributed by atoms with E-state index in [1.54, 1.807) is 0 Å². The first-order chi connectivity index (χ1) is 9.57. The second-order valence-electron chi connectivity index (χ2n) is 5.60. The maximum Gasteiger partial charge on any atom is 0.417 e. The highest BCUT2D eigenvalue weighted by Gasteiger charge is 2.17. The molecule has 0 saturated carbocycles. The second kappa shape index (κ2) is 12.9. The third kappa shape index (κ3) is 12.0. The van der Waals surface area contributed by atoms with Gasteiger partial charge < -0.3 is 9.47 Å². The number of hydrogen-bond donors (Lipinski definition) is 0. The highest BCUT2D eigenvalue weighted by molar-refractivity contribution is 6.29. The van der Waals surface area contributed by atoms with Crippen molar-refractivity contribution in [3.8, 4) is 0 Å². The molecule has 0 aromatic rings. The molecule has 0 bridgehead atoms. The summed E-state index contributed by atoms with van der Waals surface area (Å²) in [6, 6.07) is 0. The molecule has 0 amide bonds. The standard InChI is InChI=1S/C16H30O4/c1-4-5-6-7-8-9-10-11-12-19-15(17)16(18)20-13-14(2)3/h14H,4-13H2,1-3H3. The summed E-state index contributed by atoms with van der Waals surface area (Å²) in [7, 11) is 0. The molecular weight excluding hydrogens is 256 g/mol. The Balaban J connectivity index is 3.37. The molecule has 0 saturated heterocycles. The second-order valence-corrected chi connectivity index (χ2v) is 5.60. The Morgan fingerprint density at radius 1 is 0.800 bits per heavy atom. The van der Waals surface area contributed by atoms with Crippen molar-refractivity contribution in [1.82, 2.24) is 0 Å². The molecule has 0 rings (SSSR count). The van der Waals surface area contributed by atoms with E-state index in [9.17, 15) is 9.59 Å². The van der Waals surface area contributed by atoms with Gasteiger partial charge in [0.25, 0.3) is 0 Å². The minimum absolute atomic E-state index is 0.222. The highest BCUT2D eigenvalue weighted by Crippen LogP contribution is 2.08. The zero-order valence-corrected chi connectivity index (χ0v) is 13.3. The maximum absolute atomic E-state index is 11.3. The predicted molar refractivity (Wildman–Crippen MR) is 79.4 cm³/mol. The number of hydrogen-bond acceptors (Lipinski definition) is 4. The summed E-state index contributed by atoms with van der Waals surface area (Å²) in [5.41, 5.74) is 0. The van der Waals surface area contributed by atoms with Crippen LogP contribution in [0.25, 0.3) is 0 Å². The van der Waals surface area contributed by atoms with E-state index in [0.29, 0.717) is 6.61 Å². The molecule has 20 heavy (non-hydrogen) atoms. The van der Waals surface area contributed by atoms with Crippen molar-refractivity contribution >= 4 is 11.9 Å². The van der Waals surface area contributed by atoms with E-state index >= 15 is 0 Å². The first-order valence-corrected chi connectivity index (χ1v) is 7.91. The molecule has 0 aliphatic rings. The van der Waals surface area contributed by atoms with Gasteiger partial charge in [-0.2, -0.15) is 0 Å². The number of ether oxygens (including phenoxy) is 2. The molecule has 0 spiro atoms. The summed E-state index contributed by atoms with van der Waals surface area (Å²) in [6.45, 7) is 6.61. The van der Waals surface area contributed by atoms with Gasteiger partial charge in [0.05, 0.1) is 13.2 Å². The minimum atomic E-state index is -0.877. The highest BCUT2D eigenvalue weighted by atomic mass is 16.6. The monoisotopic (exact) mass is 286 g/mol. The Bertz CT molecular complexity index is 261. The van der Waals surface area contributed by atoms with Gasteiger partial charge in [-0.3, -0.25) is 0 Å². The van der Waals surface area contributed by atoms with Crippen LogP contribution < -0.4 is 0 Å². The van der Waals surface area contributed by atoms with Crippen LogP contribution in [0, 0.1) is 5.92 Å². The molecule has 0 atom stereocenters. The molecule has 0 N–H and O–H groups in total. The maximum atomic E-state index is 11.3. The molecule has 4 nitrogen and oxygen atoms in total. The third-order valence-electron chi connectivity index (χ3n) is 2.95. The average molecular weight is 286 g/mol. The molecule has 0 aliphatic carbocycles. The van der Waals surface area contributed by atoms with Gasteiger partial charge in [-0.25, -0.2) is 9.59 Å². The minimum Gasteiger partial charge on any atom is -0.457 e. The third-order valence-corrected chi connectivity index (χ3v) is 2.95.